The lowest BCUT2D eigenvalue weighted by Gasteiger charge is -2.10. The molecular formula is C15H17ClN2O. The van der Waals surface area contributed by atoms with Crippen molar-refractivity contribution < 1.29 is 4.79 Å². The smallest absolute Gasteiger partial charge is 0.255 e. The number of hydrogen-bond donors (Lipinski definition) is 2. The third kappa shape index (κ3) is 4.09. The van der Waals surface area contributed by atoms with E-state index in [0.717, 1.165) is 17.8 Å². The van der Waals surface area contributed by atoms with Crippen LogP contribution in [0.5, 0.6) is 0 Å². The van der Waals surface area contributed by atoms with Gasteiger partial charge in [-0.15, -0.1) is 12.4 Å². The lowest BCUT2D eigenvalue weighted by Crippen LogP contribution is -2.15. The van der Waals surface area contributed by atoms with Crippen molar-refractivity contribution in [1.82, 2.24) is 5.32 Å². The van der Waals surface area contributed by atoms with Crippen LogP contribution in [0.15, 0.2) is 54.6 Å². The van der Waals surface area contributed by atoms with Gasteiger partial charge in [-0.2, -0.15) is 0 Å². The second-order valence-corrected chi connectivity index (χ2v) is 4.01. The first-order valence-corrected chi connectivity index (χ1v) is 5.90. The maximum atomic E-state index is 12.0. The highest BCUT2D eigenvalue weighted by Gasteiger charge is 2.07. The number of hydrogen-bond acceptors (Lipinski definition) is 2. The van der Waals surface area contributed by atoms with Crippen LogP contribution in [0.1, 0.15) is 15.9 Å². The Bertz CT molecular complexity index is 529. The Hall–Kier alpha value is -1.84. The molecule has 0 heterocycles. The molecule has 0 radical (unpaired) electrons. The summed E-state index contributed by atoms with van der Waals surface area (Å²) in [6, 6.07) is 17.0. The highest BCUT2D eigenvalue weighted by molar-refractivity contribution is 6.04. The van der Waals surface area contributed by atoms with Gasteiger partial charge in [0, 0.05) is 17.8 Å². The van der Waals surface area contributed by atoms with E-state index in [1.807, 2.05) is 49.5 Å². The molecule has 1 amide bonds. The third-order valence-electron chi connectivity index (χ3n) is 2.67. The quantitative estimate of drug-likeness (QED) is 0.901. The fourth-order valence-electron chi connectivity index (χ4n) is 1.77. The average molecular weight is 277 g/mol. The van der Waals surface area contributed by atoms with E-state index in [4.69, 9.17) is 0 Å². The Balaban J connectivity index is 0.00000180. The lowest BCUT2D eigenvalue weighted by molar-refractivity contribution is 0.102. The maximum absolute atomic E-state index is 12.0. The molecule has 2 rings (SSSR count). The molecule has 0 aliphatic heterocycles. The molecule has 0 spiro atoms. The summed E-state index contributed by atoms with van der Waals surface area (Å²) in [6.45, 7) is 0.727. The number of halogens is 1. The number of amides is 1. The molecule has 0 aromatic heterocycles. The summed E-state index contributed by atoms with van der Waals surface area (Å²) in [5.74, 6) is -0.0841. The summed E-state index contributed by atoms with van der Waals surface area (Å²) in [5.41, 5.74) is 2.58. The van der Waals surface area contributed by atoms with Crippen LogP contribution < -0.4 is 10.6 Å². The van der Waals surface area contributed by atoms with Crippen LogP contribution in [0, 0.1) is 0 Å². The Labute approximate surface area is 119 Å². The van der Waals surface area contributed by atoms with Crippen LogP contribution in [0.3, 0.4) is 0 Å². The van der Waals surface area contributed by atoms with Crippen LogP contribution in [0.2, 0.25) is 0 Å². The van der Waals surface area contributed by atoms with Crippen molar-refractivity contribution in [1.29, 1.82) is 0 Å². The zero-order valence-corrected chi connectivity index (χ0v) is 11.5. The minimum absolute atomic E-state index is 0. The van der Waals surface area contributed by atoms with E-state index >= 15 is 0 Å². The van der Waals surface area contributed by atoms with Crippen molar-refractivity contribution in [3.63, 3.8) is 0 Å². The Morgan fingerprint density at radius 3 is 2.32 bits per heavy atom. The molecule has 19 heavy (non-hydrogen) atoms. The summed E-state index contributed by atoms with van der Waals surface area (Å²) in [7, 11) is 1.88. The van der Waals surface area contributed by atoms with Crippen LogP contribution in [-0.4, -0.2) is 13.0 Å². The number of carbonyl (C=O) groups excluding carboxylic acids is 1. The molecule has 2 aromatic rings. The van der Waals surface area contributed by atoms with E-state index in [2.05, 4.69) is 10.6 Å². The van der Waals surface area contributed by atoms with Gasteiger partial charge in [0.1, 0.15) is 0 Å². The van der Waals surface area contributed by atoms with Crippen molar-refractivity contribution in [3.05, 3.63) is 65.7 Å². The monoisotopic (exact) mass is 276 g/mol. The van der Waals surface area contributed by atoms with E-state index < -0.39 is 0 Å². The average Bonchev–Trinajstić information content (AvgIpc) is 2.42. The minimum Gasteiger partial charge on any atom is -0.322 e. The molecule has 0 atom stereocenters. The minimum atomic E-state index is -0.0841. The molecule has 0 aliphatic carbocycles. The topological polar surface area (TPSA) is 41.1 Å². The molecule has 4 heteroatoms. The first-order chi connectivity index (χ1) is 8.81. The van der Waals surface area contributed by atoms with Gasteiger partial charge in [-0.25, -0.2) is 0 Å². The molecule has 3 nitrogen and oxygen atoms in total. The number of rotatable bonds is 4. The van der Waals surface area contributed by atoms with Crippen LogP contribution in [0.25, 0.3) is 0 Å². The summed E-state index contributed by atoms with van der Waals surface area (Å²) in [4.78, 5) is 12.0. The van der Waals surface area contributed by atoms with Crippen molar-refractivity contribution in [3.8, 4) is 0 Å². The van der Waals surface area contributed by atoms with E-state index in [1.165, 1.54) is 0 Å². The van der Waals surface area contributed by atoms with Gasteiger partial charge in [0.2, 0.25) is 0 Å². The molecule has 0 saturated carbocycles. The molecule has 2 aromatic carbocycles. The van der Waals surface area contributed by atoms with Gasteiger partial charge in [-0.3, -0.25) is 4.79 Å². The van der Waals surface area contributed by atoms with Crippen molar-refractivity contribution in [2.24, 2.45) is 0 Å². The Morgan fingerprint density at radius 1 is 1.00 bits per heavy atom. The van der Waals surface area contributed by atoms with Crippen molar-refractivity contribution >= 4 is 24.0 Å². The van der Waals surface area contributed by atoms with Crippen LogP contribution in [0.4, 0.5) is 5.69 Å². The van der Waals surface area contributed by atoms with Gasteiger partial charge >= 0.3 is 0 Å². The molecular weight excluding hydrogens is 260 g/mol. The SMILES string of the molecule is CNCc1ccccc1NC(=O)c1ccccc1.Cl. The van der Waals surface area contributed by atoms with Crippen molar-refractivity contribution in [2.75, 3.05) is 12.4 Å². The predicted octanol–water partition coefficient (Wildman–Crippen LogP) is 3.08. The van der Waals surface area contributed by atoms with E-state index in [0.29, 0.717) is 5.56 Å². The second kappa shape index (κ2) is 7.56. The largest absolute Gasteiger partial charge is 0.322 e. The summed E-state index contributed by atoms with van der Waals surface area (Å²) < 4.78 is 0. The van der Waals surface area contributed by atoms with Crippen LogP contribution in [-0.2, 0) is 6.54 Å². The van der Waals surface area contributed by atoms with Gasteiger partial charge in [-0.1, -0.05) is 36.4 Å². The molecule has 0 bridgehead atoms. The zero-order valence-electron chi connectivity index (χ0n) is 10.7. The fourth-order valence-corrected chi connectivity index (χ4v) is 1.77. The molecule has 2 N–H and O–H groups in total. The number of carbonyl (C=O) groups is 1. The number of benzene rings is 2. The van der Waals surface area contributed by atoms with E-state index in [9.17, 15) is 4.79 Å². The van der Waals surface area contributed by atoms with Gasteiger partial charge in [0.05, 0.1) is 0 Å². The molecule has 0 fully saturated rings. The summed E-state index contributed by atoms with van der Waals surface area (Å²) >= 11 is 0. The first kappa shape index (κ1) is 15.2. The van der Waals surface area contributed by atoms with E-state index in [1.54, 1.807) is 12.1 Å². The summed E-state index contributed by atoms with van der Waals surface area (Å²) in [6.07, 6.45) is 0. The van der Waals surface area contributed by atoms with Gasteiger partial charge in [0.15, 0.2) is 0 Å². The number of para-hydroxylation sites is 1. The Kier molecular flexibility index (Phi) is 6.06. The lowest BCUT2D eigenvalue weighted by atomic mass is 10.1. The zero-order chi connectivity index (χ0) is 12.8. The number of anilines is 1. The second-order valence-electron chi connectivity index (χ2n) is 4.01. The standard InChI is InChI=1S/C15H16N2O.ClH/c1-16-11-13-9-5-6-10-14(13)17-15(18)12-7-3-2-4-8-12;/h2-10,16H,11H2,1H3,(H,17,18);1H. The predicted molar refractivity (Wildman–Crippen MR) is 80.8 cm³/mol. The maximum Gasteiger partial charge on any atom is 0.255 e. The summed E-state index contributed by atoms with van der Waals surface area (Å²) in [5, 5.41) is 6.02. The van der Waals surface area contributed by atoms with Gasteiger partial charge in [0.25, 0.3) is 5.91 Å². The van der Waals surface area contributed by atoms with Crippen LogP contribution >= 0.6 is 12.4 Å². The van der Waals surface area contributed by atoms with Gasteiger partial charge in [-0.05, 0) is 30.8 Å². The fraction of sp³-hybridized carbons (Fsp3) is 0.133. The van der Waals surface area contributed by atoms with Gasteiger partial charge < -0.3 is 10.6 Å². The van der Waals surface area contributed by atoms with E-state index in [-0.39, 0.29) is 18.3 Å². The molecule has 0 saturated heterocycles. The molecule has 0 unspecified atom stereocenters. The molecule has 0 aliphatic rings. The Morgan fingerprint density at radius 2 is 1.63 bits per heavy atom. The first-order valence-electron chi connectivity index (χ1n) is 5.90. The highest BCUT2D eigenvalue weighted by atomic mass is 35.5. The number of nitrogens with one attached hydrogen (secondary N) is 2. The molecule has 100 valence electrons. The highest BCUT2D eigenvalue weighted by Crippen LogP contribution is 2.15. The normalized spacial score (nSPS) is 9.53. The third-order valence-corrected chi connectivity index (χ3v) is 2.67. The van der Waals surface area contributed by atoms with Crippen molar-refractivity contribution in [2.45, 2.75) is 6.54 Å².